The molecule has 5 heteroatoms. The maximum absolute atomic E-state index is 10.7. The molecule has 1 fully saturated rings. The van der Waals surface area contributed by atoms with Crippen LogP contribution in [0.15, 0.2) is 10.9 Å². The zero-order chi connectivity index (χ0) is 9.84. The highest BCUT2D eigenvalue weighted by molar-refractivity contribution is 7.43. The van der Waals surface area contributed by atoms with Gasteiger partial charge in [-0.05, 0) is 24.3 Å². The molecule has 72 valence electrons. The molecule has 2 N–H and O–H groups in total. The van der Waals surface area contributed by atoms with Crippen molar-refractivity contribution in [1.82, 2.24) is 0 Å². The number of carboxylic acid groups (broad SMARTS) is 2. The molecule has 0 aromatic carbocycles. The highest BCUT2D eigenvalue weighted by Crippen LogP contribution is 2.39. The zero-order valence-electron chi connectivity index (χ0n) is 7.04. The second kappa shape index (κ2) is 4.38. The summed E-state index contributed by atoms with van der Waals surface area (Å²) in [4.78, 5) is 21.1. The molecule has 0 aliphatic carbocycles. The lowest BCUT2D eigenvalue weighted by molar-refractivity contribution is -0.139. The number of hydrogen-bond acceptors (Lipinski definition) is 2. The highest BCUT2D eigenvalue weighted by Gasteiger charge is 2.19. The minimum absolute atomic E-state index is 0.100. The largest absolute Gasteiger partial charge is 0.481 e. The number of carboxylic acids is 2. The Hall–Kier alpha value is -0.890. The van der Waals surface area contributed by atoms with Crippen molar-refractivity contribution in [3.05, 3.63) is 10.9 Å². The molecule has 0 aromatic heterocycles. The summed E-state index contributed by atoms with van der Waals surface area (Å²) in [6, 6.07) is 0. The van der Waals surface area contributed by atoms with Crippen LogP contribution in [0.5, 0.6) is 0 Å². The van der Waals surface area contributed by atoms with Crippen LogP contribution in [0.2, 0.25) is 0 Å². The Balaban J connectivity index is 2.82. The van der Waals surface area contributed by atoms with Crippen LogP contribution in [-0.4, -0.2) is 28.3 Å². The van der Waals surface area contributed by atoms with Gasteiger partial charge in [0.05, 0.1) is 12.0 Å². The van der Waals surface area contributed by atoms with Gasteiger partial charge in [0.25, 0.3) is 0 Å². The van der Waals surface area contributed by atoms with Crippen molar-refractivity contribution in [3.8, 4) is 0 Å². The summed E-state index contributed by atoms with van der Waals surface area (Å²) >= 11 is 0. The predicted molar refractivity (Wildman–Crippen MR) is 49.3 cm³/mol. The van der Waals surface area contributed by atoms with Crippen LogP contribution < -0.4 is 0 Å². The molecule has 1 saturated heterocycles. The predicted octanol–water partition coefficient (Wildman–Crippen LogP) is 1.27. The van der Waals surface area contributed by atoms with Gasteiger partial charge in [0, 0.05) is 0 Å². The smallest absolute Gasteiger partial charge is 0.332 e. The van der Waals surface area contributed by atoms with Gasteiger partial charge in [0.1, 0.15) is 0 Å². The van der Waals surface area contributed by atoms with Crippen molar-refractivity contribution in [3.63, 3.8) is 0 Å². The molecule has 4 nitrogen and oxygen atoms in total. The summed E-state index contributed by atoms with van der Waals surface area (Å²) in [7, 11) is 0.508. The first kappa shape index (κ1) is 10.2. The van der Waals surface area contributed by atoms with Gasteiger partial charge in [-0.3, -0.25) is 4.79 Å². The van der Waals surface area contributed by atoms with Gasteiger partial charge < -0.3 is 10.2 Å². The maximum atomic E-state index is 10.7. The van der Waals surface area contributed by atoms with Crippen LogP contribution in [0.4, 0.5) is 0 Å². The van der Waals surface area contributed by atoms with Crippen molar-refractivity contribution in [2.75, 3.05) is 6.16 Å². The number of hydrogen-bond donors (Lipinski definition) is 2. The highest BCUT2D eigenvalue weighted by atomic mass is 31.1. The fraction of sp³-hybridized carbons (Fsp3) is 0.500. The van der Waals surface area contributed by atoms with E-state index in [0.717, 1.165) is 24.3 Å². The van der Waals surface area contributed by atoms with Gasteiger partial charge in [0.2, 0.25) is 0 Å². The Morgan fingerprint density at radius 1 is 1.38 bits per heavy atom. The Morgan fingerprint density at radius 2 is 2.08 bits per heavy atom. The number of aliphatic carboxylic acids is 2. The Bertz CT molecular complexity index is 261. The van der Waals surface area contributed by atoms with Gasteiger partial charge in [-0.2, -0.15) is 0 Å². The normalized spacial score (nSPS) is 21.8. The van der Waals surface area contributed by atoms with Crippen LogP contribution in [0.3, 0.4) is 0 Å². The summed E-state index contributed by atoms with van der Waals surface area (Å²) in [5, 5.41) is 18.1. The van der Waals surface area contributed by atoms with E-state index in [9.17, 15) is 9.59 Å². The summed E-state index contributed by atoms with van der Waals surface area (Å²) in [5.41, 5.74) is 0.100. The van der Waals surface area contributed by atoms with Crippen molar-refractivity contribution in [2.24, 2.45) is 0 Å². The standard InChI is InChI=1S/C8H11O4P/c9-7(10)4-5(8(11)12)6-2-1-3-13-6/h13H,1-4H2,(H,9,10)(H,11,12). The number of allylic oxidation sites excluding steroid dienone is 1. The molecule has 1 atom stereocenters. The number of rotatable bonds is 3. The van der Waals surface area contributed by atoms with Crippen molar-refractivity contribution in [1.29, 1.82) is 0 Å². The average molecular weight is 202 g/mol. The van der Waals surface area contributed by atoms with E-state index in [4.69, 9.17) is 10.2 Å². The minimum Gasteiger partial charge on any atom is -0.481 e. The van der Waals surface area contributed by atoms with E-state index in [2.05, 4.69) is 0 Å². The van der Waals surface area contributed by atoms with Crippen LogP contribution in [0, 0.1) is 0 Å². The van der Waals surface area contributed by atoms with Gasteiger partial charge in [-0.15, -0.1) is 0 Å². The van der Waals surface area contributed by atoms with E-state index in [0.29, 0.717) is 8.58 Å². The number of carbonyl (C=O) groups is 2. The molecule has 1 aliphatic heterocycles. The van der Waals surface area contributed by atoms with E-state index >= 15 is 0 Å². The zero-order valence-corrected chi connectivity index (χ0v) is 8.04. The van der Waals surface area contributed by atoms with Gasteiger partial charge in [-0.1, -0.05) is 8.58 Å². The first-order valence-corrected chi connectivity index (χ1v) is 5.23. The second-order valence-electron chi connectivity index (χ2n) is 2.86. The van der Waals surface area contributed by atoms with E-state index in [1.807, 2.05) is 0 Å². The minimum atomic E-state index is -1.08. The van der Waals surface area contributed by atoms with Crippen LogP contribution in [0.1, 0.15) is 19.3 Å². The van der Waals surface area contributed by atoms with Crippen LogP contribution >= 0.6 is 8.58 Å². The lowest BCUT2D eigenvalue weighted by atomic mass is 10.1. The molecule has 1 aliphatic rings. The molecule has 13 heavy (non-hydrogen) atoms. The fourth-order valence-electron chi connectivity index (χ4n) is 1.31. The lowest BCUT2D eigenvalue weighted by Gasteiger charge is -2.02. The molecule has 0 saturated carbocycles. The second-order valence-corrected chi connectivity index (χ2v) is 4.32. The molecule has 0 radical (unpaired) electrons. The SMILES string of the molecule is O=C(O)CC(C(=O)O)=C1CCCP1. The molecule has 1 heterocycles. The van der Waals surface area contributed by atoms with E-state index in [1.54, 1.807) is 0 Å². The lowest BCUT2D eigenvalue weighted by Crippen LogP contribution is -2.08. The average Bonchev–Trinajstić information content (AvgIpc) is 2.50. The molecular formula is C8H11O4P. The third kappa shape index (κ3) is 2.81. The molecule has 0 bridgehead atoms. The van der Waals surface area contributed by atoms with E-state index in [-0.39, 0.29) is 12.0 Å². The molecular weight excluding hydrogens is 191 g/mol. The maximum Gasteiger partial charge on any atom is 0.332 e. The Labute approximate surface area is 77.4 Å². The summed E-state index contributed by atoms with van der Waals surface area (Å²) < 4.78 is 0. The third-order valence-corrected chi connectivity index (χ3v) is 3.47. The third-order valence-electron chi connectivity index (χ3n) is 1.89. The Kier molecular flexibility index (Phi) is 3.43. The molecule has 0 amide bonds. The van der Waals surface area contributed by atoms with Crippen molar-refractivity contribution in [2.45, 2.75) is 19.3 Å². The quantitative estimate of drug-likeness (QED) is 0.533. The van der Waals surface area contributed by atoms with Crippen LogP contribution in [0.25, 0.3) is 0 Å². The summed E-state index contributed by atoms with van der Waals surface area (Å²) in [6.45, 7) is 0. The fourth-order valence-corrected chi connectivity index (χ4v) is 2.73. The molecule has 1 unspecified atom stereocenters. The van der Waals surface area contributed by atoms with E-state index < -0.39 is 11.9 Å². The summed E-state index contributed by atoms with van der Waals surface area (Å²) in [5.74, 6) is -2.14. The van der Waals surface area contributed by atoms with E-state index in [1.165, 1.54) is 0 Å². The van der Waals surface area contributed by atoms with Crippen molar-refractivity contribution < 1.29 is 19.8 Å². The first-order valence-electron chi connectivity index (χ1n) is 4.02. The van der Waals surface area contributed by atoms with Crippen LogP contribution in [-0.2, 0) is 9.59 Å². The van der Waals surface area contributed by atoms with Gasteiger partial charge in [-0.25, -0.2) is 4.79 Å². The molecule has 1 rings (SSSR count). The summed E-state index contributed by atoms with van der Waals surface area (Å²) in [6.07, 6.45) is 2.40. The topological polar surface area (TPSA) is 74.6 Å². The monoisotopic (exact) mass is 202 g/mol. The Morgan fingerprint density at radius 3 is 2.46 bits per heavy atom. The molecule has 0 spiro atoms. The molecule has 0 aromatic rings. The van der Waals surface area contributed by atoms with Gasteiger partial charge in [0.15, 0.2) is 0 Å². The van der Waals surface area contributed by atoms with Gasteiger partial charge >= 0.3 is 11.9 Å². The first-order chi connectivity index (χ1) is 6.11. The van der Waals surface area contributed by atoms with Crippen molar-refractivity contribution >= 4 is 20.5 Å².